The highest BCUT2D eigenvalue weighted by molar-refractivity contribution is 5.76. The molecule has 2 rings (SSSR count). The van der Waals surface area contributed by atoms with Gasteiger partial charge in [-0.05, 0) is 32.9 Å². The number of aromatic nitrogens is 2. The first-order valence-corrected chi connectivity index (χ1v) is 5.86. The number of aliphatic carboxylic acids is 1. The van der Waals surface area contributed by atoms with Crippen LogP contribution in [0, 0.1) is 13.8 Å². The number of aryl methyl sites for hydroxylation is 1. The average Bonchev–Trinajstić information content (AvgIpc) is 2.65. The molecule has 0 aliphatic carbocycles. The zero-order valence-electron chi connectivity index (χ0n) is 10.7. The summed E-state index contributed by atoms with van der Waals surface area (Å²) in [6, 6.07) is 9.72. The van der Waals surface area contributed by atoms with Gasteiger partial charge in [0.1, 0.15) is 0 Å². The minimum Gasteiger partial charge on any atom is -0.481 e. The van der Waals surface area contributed by atoms with Crippen LogP contribution in [-0.4, -0.2) is 20.9 Å². The van der Waals surface area contributed by atoms with Crippen LogP contribution in [0.3, 0.4) is 0 Å². The van der Waals surface area contributed by atoms with Gasteiger partial charge < -0.3 is 5.11 Å². The summed E-state index contributed by atoms with van der Waals surface area (Å²) in [5.41, 5.74) is 3.40. The third-order valence-corrected chi connectivity index (χ3v) is 3.15. The smallest absolute Gasteiger partial charge is 0.310 e. The first-order valence-electron chi connectivity index (χ1n) is 5.86. The van der Waals surface area contributed by atoms with Gasteiger partial charge in [0.05, 0.1) is 17.3 Å². The number of hydrogen-bond acceptors (Lipinski definition) is 2. The van der Waals surface area contributed by atoms with Crippen molar-refractivity contribution >= 4 is 5.97 Å². The molecule has 1 atom stereocenters. The molecule has 0 spiro atoms. The van der Waals surface area contributed by atoms with Crippen LogP contribution in [0.2, 0.25) is 0 Å². The van der Waals surface area contributed by atoms with E-state index in [9.17, 15) is 4.79 Å². The van der Waals surface area contributed by atoms with Crippen molar-refractivity contribution in [1.82, 2.24) is 9.78 Å². The maximum absolute atomic E-state index is 11.1. The lowest BCUT2D eigenvalue weighted by molar-refractivity contribution is -0.138. The molecule has 0 bridgehead atoms. The van der Waals surface area contributed by atoms with Crippen molar-refractivity contribution in [2.75, 3.05) is 0 Å². The van der Waals surface area contributed by atoms with Crippen molar-refractivity contribution in [3.63, 3.8) is 0 Å². The van der Waals surface area contributed by atoms with Crippen LogP contribution in [0.25, 0.3) is 5.69 Å². The second-order valence-electron chi connectivity index (χ2n) is 4.39. The number of para-hydroxylation sites is 1. The van der Waals surface area contributed by atoms with E-state index in [0.717, 1.165) is 22.6 Å². The van der Waals surface area contributed by atoms with Gasteiger partial charge in [-0.2, -0.15) is 5.10 Å². The Balaban J connectivity index is 2.54. The number of nitrogens with zero attached hydrogens (tertiary/aromatic N) is 2. The molecule has 0 fully saturated rings. The lowest BCUT2D eigenvalue weighted by Crippen LogP contribution is -2.09. The number of rotatable bonds is 3. The standard InChI is InChI=1S/C14H16N2O2/c1-9(14(17)18)13-10(2)15-16(11(13)3)12-7-5-4-6-8-12/h4-9H,1-3H3,(H,17,18). The maximum Gasteiger partial charge on any atom is 0.310 e. The Morgan fingerprint density at radius 2 is 1.89 bits per heavy atom. The summed E-state index contributed by atoms with van der Waals surface area (Å²) >= 11 is 0. The minimum atomic E-state index is -0.825. The molecule has 1 heterocycles. The maximum atomic E-state index is 11.1. The number of carboxylic acid groups (broad SMARTS) is 1. The Bertz CT molecular complexity index is 573. The Morgan fingerprint density at radius 3 is 2.44 bits per heavy atom. The fourth-order valence-corrected chi connectivity index (χ4v) is 2.23. The van der Waals surface area contributed by atoms with E-state index in [-0.39, 0.29) is 0 Å². The van der Waals surface area contributed by atoms with E-state index in [2.05, 4.69) is 5.10 Å². The van der Waals surface area contributed by atoms with Crippen molar-refractivity contribution in [1.29, 1.82) is 0 Å². The highest BCUT2D eigenvalue weighted by Gasteiger charge is 2.22. The highest BCUT2D eigenvalue weighted by Crippen LogP contribution is 2.25. The fourth-order valence-electron chi connectivity index (χ4n) is 2.23. The topological polar surface area (TPSA) is 55.1 Å². The second-order valence-corrected chi connectivity index (χ2v) is 4.39. The van der Waals surface area contributed by atoms with E-state index in [4.69, 9.17) is 5.11 Å². The van der Waals surface area contributed by atoms with E-state index < -0.39 is 11.9 Å². The molecule has 2 aromatic rings. The second kappa shape index (κ2) is 4.64. The molecule has 1 unspecified atom stereocenters. The minimum absolute atomic E-state index is 0.539. The van der Waals surface area contributed by atoms with Crippen LogP contribution < -0.4 is 0 Å². The van der Waals surface area contributed by atoms with E-state index in [1.54, 1.807) is 11.6 Å². The van der Waals surface area contributed by atoms with E-state index in [1.807, 2.05) is 44.2 Å². The molecule has 1 aromatic carbocycles. The van der Waals surface area contributed by atoms with Crippen LogP contribution in [0.1, 0.15) is 29.8 Å². The van der Waals surface area contributed by atoms with Crippen molar-refractivity contribution < 1.29 is 9.90 Å². The molecule has 0 radical (unpaired) electrons. The number of benzene rings is 1. The summed E-state index contributed by atoms with van der Waals surface area (Å²) in [4.78, 5) is 11.1. The lowest BCUT2D eigenvalue weighted by atomic mass is 9.99. The normalized spacial score (nSPS) is 12.4. The molecule has 0 amide bonds. The van der Waals surface area contributed by atoms with Crippen molar-refractivity contribution in [2.45, 2.75) is 26.7 Å². The van der Waals surface area contributed by atoms with E-state index in [1.165, 1.54) is 0 Å². The van der Waals surface area contributed by atoms with Gasteiger partial charge in [0, 0.05) is 11.3 Å². The molecule has 1 N–H and O–H groups in total. The third-order valence-electron chi connectivity index (χ3n) is 3.15. The quantitative estimate of drug-likeness (QED) is 0.903. The predicted octanol–water partition coefficient (Wildman–Crippen LogP) is 2.68. The summed E-state index contributed by atoms with van der Waals surface area (Å²) in [5.74, 6) is -1.36. The summed E-state index contributed by atoms with van der Waals surface area (Å²) in [6.07, 6.45) is 0. The Morgan fingerprint density at radius 1 is 1.28 bits per heavy atom. The van der Waals surface area contributed by atoms with Gasteiger partial charge >= 0.3 is 5.97 Å². The van der Waals surface area contributed by atoms with Crippen molar-refractivity contribution in [2.24, 2.45) is 0 Å². The summed E-state index contributed by atoms with van der Waals surface area (Å²) in [5, 5.41) is 13.6. The molecule has 0 saturated carbocycles. The predicted molar refractivity (Wildman–Crippen MR) is 69.1 cm³/mol. The van der Waals surface area contributed by atoms with Crippen molar-refractivity contribution in [3.8, 4) is 5.69 Å². The molecule has 0 aliphatic rings. The van der Waals surface area contributed by atoms with Crippen LogP contribution in [0.4, 0.5) is 0 Å². The van der Waals surface area contributed by atoms with Crippen LogP contribution in [0.15, 0.2) is 30.3 Å². The van der Waals surface area contributed by atoms with Crippen LogP contribution in [0.5, 0.6) is 0 Å². The third kappa shape index (κ3) is 2.01. The summed E-state index contributed by atoms with van der Waals surface area (Å²) in [7, 11) is 0. The molecule has 4 heteroatoms. The lowest BCUT2D eigenvalue weighted by Gasteiger charge is -2.08. The first kappa shape index (κ1) is 12.4. The van der Waals surface area contributed by atoms with Gasteiger partial charge in [-0.25, -0.2) is 4.68 Å². The summed E-state index contributed by atoms with van der Waals surface area (Å²) in [6.45, 7) is 5.44. The van der Waals surface area contributed by atoms with E-state index >= 15 is 0 Å². The number of carbonyl (C=O) groups is 1. The van der Waals surface area contributed by atoms with Gasteiger partial charge in [-0.1, -0.05) is 18.2 Å². The monoisotopic (exact) mass is 244 g/mol. The highest BCUT2D eigenvalue weighted by atomic mass is 16.4. The van der Waals surface area contributed by atoms with Crippen LogP contribution in [-0.2, 0) is 4.79 Å². The Kier molecular flexibility index (Phi) is 3.19. The first-order chi connectivity index (χ1) is 8.52. The van der Waals surface area contributed by atoms with Gasteiger partial charge in [0.2, 0.25) is 0 Å². The zero-order chi connectivity index (χ0) is 13.3. The number of hydrogen-bond donors (Lipinski definition) is 1. The van der Waals surface area contributed by atoms with Crippen LogP contribution >= 0.6 is 0 Å². The summed E-state index contributed by atoms with van der Waals surface area (Å²) < 4.78 is 1.80. The Labute approximate surface area is 106 Å². The Hall–Kier alpha value is -2.10. The molecular weight excluding hydrogens is 228 g/mol. The van der Waals surface area contributed by atoms with Gasteiger partial charge in [-0.3, -0.25) is 4.79 Å². The molecule has 4 nitrogen and oxygen atoms in total. The fraction of sp³-hybridized carbons (Fsp3) is 0.286. The molecule has 18 heavy (non-hydrogen) atoms. The van der Waals surface area contributed by atoms with Gasteiger partial charge in [0.15, 0.2) is 0 Å². The molecule has 0 aliphatic heterocycles. The largest absolute Gasteiger partial charge is 0.481 e. The van der Waals surface area contributed by atoms with Gasteiger partial charge in [-0.15, -0.1) is 0 Å². The average molecular weight is 244 g/mol. The van der Waals surface area contributed by atoms with E-state index in [0.29, 0.717) is 0 Å². The van der Waals surface area contributed by atoms with Crippen molar-refractivity contribution in [3.05, 3.63) is 47.3 Å². The molecule has 1 aromatic heterocycles. The number of carboxylic acids is 1. The molecule has 0 saturated heterocycles. The van der Waals surface area contributed by atoms with Gasteiger partial charge in [0.25, 0.3) is 0 Å². The SMILES string of the molecule is Cc1nn(-c2ccccc2)c(C)c1C(C)C(=O)O. The zero-order valence-corrected chi connectivity index (χ0v) is 10.7. The molecule has 94 valence electrons. The molecular formula is C14H16N2O2.